The number of aromatic nitrogens is 2. The number of imidazole rings is 1. The standard InChI is InChI=1S/C24H15N5O5/c30-22-19(17-12-16(29(33)34)10-11-18(17)26-22)20(13-4-2-1-3-5-13)25-15-8-6-14(7-9-15)21-23(31)28-24(32)27-21/h1-12,31H,(H2,27,28,32). The van der Waals surface area contributed by atoms with Crippen LogP contribution in [-0.4, -0.2) is 31.6 Å². The zero-order valence-corrected chi connectivity index (χ0v) is 17.4. The van der Waals surface area contributed by atoms with Gasteiger partial charge in [0.15, 0.2) is 0 Å². The summed E-state index contributed by atoms with van der Waals surface area (Å²) in [5, 5.41) is 21.8. The van der Waals surface area contributed by atoms with Crippen LogP contribution in [0.25, 0.3) is 16.8 Å². The minimum Gasteiger partial charge on any atom is -0.493 e. The number of rotatable bonds is 5. The maximum atomic E-state index is 12.9. The molecular formula is C24H15N5O5. The van der Waals surface area contributed by atoms with Crippen molar-refractivity contribution in [3.63, 3.8) is 0 Å². The van der Waals surface area contributed by atoms with Gasteiger partial charge in [0.25, 0.3) is 11.6 Å². The van der Waals surface area contributed by atoms with E-state index in [1.807, 2.05) is 6.07 Å². The summed E-state index contributed by atoms with van der Waals surface area (Å²) in [5.41, 5.74) is 1.71. The van der Waals surface area contributed by atoms with Crippen molar-refractivity contribution < 1.29 is 14.8 Å². The Hall–Kier alpha value is -5.12. The Morgan fingerprint density at radius 2 is 1.71 bits per heavy atom. The molecule has 0 aliphatic carbocycles. The van der Waals surface area contributed by atoms with Crippen molar-refractivity contribution in [2.45, 2.75) is 0 Å². The fourth-order valence-corrected chi connectivity index (χ4v) is 3.72. The third-order valence-corrected chi connectivity index (χ3v) is 5.28. The number of amides is 1. The lowest BCUT2D eigenvalue weighted by Gasteiger charge is -2.08. The number of nitro benzene ring substituents is 1. The van der Waals surface area contributed by atoms with Crippen molar-refractivity contribution in [1.29, 1.82) is 0 Å². The van der Waals surface area contributed by atoms with E-state index in [1.54, 1.807) is 48.5 Å². The molecule has 1 aliphatic heterocycles. The first-order valence-corrected chi connectivity index (χ1v) is 10.1. The summed E-state index contributed by atoms with van der Waals surface area (Å²) < 4.78 is 0. The highest BCUT2D eigenvalue weighted by Gasteiger charge is 2.24. The molecule has 0 unspecified atom stereocenters. The SMILES string of the molecule is O=C1N=c2ccc([N+](=O)[O-])cc2=C1C(=Nc1ccc(-c2[nH]c(=O)[nH]c2O)cc1)c1ccccc1. The van der Waals surface area contributed by atoms with Crippen LogP contribution in [0.5, 0.6) is 5.88 Å². The van der Waals surface area contributed by atoms with Crippen LogP contribution in [0, 0.1) is 10.1 Å². The van der Waals surface area contributed by atoms with Crippen molar-refractivity contribution >= 4 is 28.6 Å². The number of aliphatic imine (C=N–C) groups is 1. The monoisotopic (exact) mass is 453 g/mol. The van der Waals surface area contributed by atoms with Gasteiger partial charge in [0.1, 0.15) is 5.69 Å². The van der Waals surface area contributed by atoms with E-state index in [0.29, 0.717) is 33.1 Å². The van der Waals surface area contributed by atoms with Crippen LogP contribution in [0.4, 0.5) is 11.4 Å². The van der Waals surface area contributed by atoms with E-state index in [0.717, 1.165) is 0 Å². The van der Waals surface area contributed by atoms with E-state index in [4.69, 9.17) is 0 Å². The lowest BCUT2D eigenvalue weighted by atomic mass is 10.00. The second kappa shape index (κ2) is 8.10. The van der Waals surface area contributed by atoms with Crippen LogP contribution >= 0.6 is 0 Å². The van der Waals surface area contributed by atoms with Gasteiger partial charge in [0, 0.05) is 28.5 Å². The summed E-state index contributed by atoms with van der Waals surface area (Å²) in [6.45, 7) is 0. The Kier molecular flexibility index (Phi) is 4.94. The minimum absolute atomic E-state index is 0.154. The summed E-state index contributed by atoms with van der Waals surface area (Å²) in [5.74, 6) is -0.817. The number of aromatic hydroxyl groups is 1. The Morgan fingerprint density at radius 1 is 0.971 bits per heavy atom. The van der Waals surface area contributed by atoms with Gasteiger partial charge in [-0.25, -0.2) is 14.8 Å². The van der Waals surface area contributed by atoms with Crippen LogP contribution < -0.4 is 16.3 Å². The van der Waals surface area contributed by atoms with Crippen molar-refractivity contribution in [3.8, 4) is 17.1 Å². The maximum absolute atomic E-state index is 12.9. The molecule has 166 valence electrons. The van der Waals surface area contributed by atoms with Gasteiger partial charge in [-0.2, -0.15) is 0 Å². The summed E-state index contributed by atoms with van der Waals surface area (Å²) >= 11 is 0. The van der Waals surface area contributed by atoms with Gasteiger partial charge < -0.3 is 10.1 Å². The molecular weight excluding hydrogens is 438 g/mol. The topological polar surface area (TPSA) is 154 Å². The van der Waals surface area contributed by atoms with Gasteiger partial charge in [-0.05, 0) is 18.2 Å². The Labute approximate surface area is 190 Å². The zero-order valence-electron chi connectivity index (χ0n) is 17.4. The number of nitrogens with one attached hydrogen (secondary N) is 2. The third kappa shape index (κ3) is 3.69. The van der Waals surface area contributed by atoms with Crippen LogP contribution in [0.2, 0.25) is 0 Å². The van der Waals surface area contributed by atoms with Gasteiger partial charge in [0.05, 0.1) is 27.3 Å². The van der Waals surface area contributed by atoms with Gasteiger partial charge in [-0.15, -0.1) is 0 Å². The van der Waals surface area contributed by atoms with Crippen molar-refractivity contribution in [3.05, 3.63) is 110 Å². The number of hydrogen-bond acceptors (Lipinski definition) is 6. The summed E-state index contributed by atoms with van der Waals surface area (Å²) in [4.78, 5) is 48.6. The van der Waals surface area contributed by atoms with Crippen molar-refractivity contribution in [2.75, 3.05) is 0 Å². The number of fused-ring (bicyclic) bond motifs is 1. The van der Waals surface area contributed by atoms with E-state index < -0.39 is 16.5 Å². The molecule has 10 nitrogen and oxygen atoms in total. The predicted molar refractivity (Wildman–Crippen MR) is 123 cm³/mol. The Balaban J connectivity index is 1.69. The molecule has 0 atom stereocenters. The van der Waals surface area contributed by atoms with E-state index in [-0.39, 0.29) is 22.8 Å². The average molecular weight is 453 g/mol. The van der Waals surface area contributed by atoms with Crippen LogP contribution in [-0.2, 0) is 4.79 Å². The molecule has 0 bridgehead atoms. The number of carbonyl (C=O) groups excluding carboxylic acids is 1. The molecule has 3 N–H and O–H groups in total. The number of benzene rings is 3. The summed E-state index contributed by atoms with van der Waals surface area (Å²) in [6.07, 6.45) is 0. The highest BCUT2D eigenvalue weighted by Crippen LogP contribution is 2.27. The van der Waals surface area contributed by atoms with Crippen LogP contribution in [0.3, 0.4) is 0 Å². The van der Waals surface area contributed by atoms with E-state index in [9.17, 15) is 24.8 Å². The first-order valence-electron chi connectivity index (χ1n) is 10.1. The fourth-order valence-electron chi connectivity index (χ4n) is 3.72. The quantitative estimate of drug-likeness (QED) is 0.240. The van der Waals surface area contributed by atoms with Crippen molar-refractivity contribution in [1.82, 2.24) is 9.97 Å². The molecule has 0 radical (unpaired) electrons. The van der Waals surface area contributed by atoms with E-state index >= 15 is 0 Å². The normalized spacial score (nSPS) is 13.0. The number of nitrogens with zero attached hydrogens (tertiary/aromatic N) is 3. The Bertz CT molecular complexity index is 1670. The zero-order chi connectivity index (χ0) is 23.8. The lowest BCUT2D eigenvalue weighted by Crippen LogP contribution is -2.26. The molecule has 1 amide bonds. The molecule has 10 heteroatoms. The third-order valence-electron chi connectivity index (χ3n) is 5.28. The van der Waals surface area contributed by atoms with Crippen molar-refractivity contribution in [2.24, 2.45) is 9.98 Å². The predicted octanol–water partition coefficient (Wildman–Crippen LogP) is 2.12. The number of hydrogen-bond donors (Lipinski definition) is 3. The smallest absolute Gasteiger partial charge is 0.326 e. The van der Waals surface area contributed by atoms with E-state index in [1.165, 1.54) is 18.2 Å². The molecule has 5 rings (SSSR count). The van der Waals surface area contributed by atoms with Gasteiger partial charge in [-0.3, -0.25) is 19.9 Å². The number of H-pyrrole nitrogens is 2. The second-order valence-corrected chi connectivity index (χ2v) is 7.43. The second-order valence-electron chi connectivity index (χ2n) is 7.43. The van der Waals surface area contributed by atoms with Gasteiger partial charge >= 0.3 is 5.69 Å². The first-order chi connectivity index (χ1) is 16.4. The van der Waals surface area contributed by atoms with E-state index in [2.05, 4.69) is 20.0 Å². The molecule has 1 aromatic heterocycles. The maximum Gasteiger partial charge on any atom is 0.326 e. The van der Waals surface area contributed by atoms with Gasteiger partial charge in [-0.1, -0.05) is 42.5 Å². The first kappa shape index (κ1) is 20.8. The Morgan fingerprint density at radius 3 is 2.35 bits per heavy atom. The molecule has 4 aromatic rings. The number of non-ortho nitro benzene ring substituents is 1. The number of carbonyl (C=O) groups is 1. The minimum atomic E-state index is -0.537. The number of nitro groups is 1. The largest absolute Gasteiger partial charge is 0.493 e. The molecule has 1 aliphatic rings. The molecule has 0 saturated heterocycles. The molecule has 0 fully saturated rings. The highest BCUT2D eigenvalue weighted by atomic mass is 16.6. The summed E-state index contributed by atoms with van der Waals surface area (Å²) in [7, 11) is 0. The lowest BCUT2D eigenvalue weighted by molar-refractivity contribution is -0.385. The highest BCUT2D eigenvalue weighted by molar-refractivity contribution is 6.48. The molecule has 0 saturated carbocycles. The average Bonchev–Trinajstić information content (AvgIpc) is 3.35. The molecule has 0 spiro atoms. The fraction of sp³-hybridized carbons (Fsp3) is 0. The molecule has 34 heavy (non-hydrogen) atoms. The van der Waals surface area contributed by atoms with Gasteiger partial charge in [0.2, 0.25) is 5.88 Å². The molecule has 3 aromatic carbocycles. The summed E-state index contributed by atoms with van der Waals surface area (Å²) in [6, 6.07) is 19.7. The molecule has 2 heterocycles. The number of aromatic amines is 2. The van der Waals surface area contributed by atoms with Crippen LogP contribution in [0.15, 0.2) is 87.6 Å². The van der Waals surface area contributed by atoms with Crippen LogP contribution in [0.1, 0.15) is 5.56 Å².